The van der Waals surface area contributed by atoms with Gasteiger partial charge in [-0.15, -0.1) is 6.42 Å². The van der Waals surface area contributed by atoms with Gasteiger partial charge in [-0.05, 0) is 0 Å². The normalized spacial score (nSPS) is 28.0. The van der Waals surface area contributed by atoms with Crippen LogP contribution in [0.15, 0.2) is 12.7 Å². The molecular formula is C13H16N6O3. The molecule has 2 aromatic rings. The first-order valence-corrected chi connectivity index (χ1v) is 6.72. The summed E-state index contributed by atoms with van der Waals surface area (Å²) in [4.78, 5) is 12.1. The lowest BCUT2D eigenvalue weighted by Crippen LogP contribution is -2.37. The first-order valence-electron chi connectivity index (χ1n) is 6.72. The van der Waals surface area contributed by atoms with E-state index < -0.39 is 24.5 Å². The maximum Gasteiger partial charge on any atom is 0.167 e. The van der Waals surface area contributed by atoms with Crippen LogP contribution in [0.1, 0.15) is 6.23 Å². The van der Waals surface area contributed by atoms with Crippen LogP contribution in [-0.2, 0) is 4.74 Å². The first-order chi connectivity index (χ1) is 10.6. The number of rotatable bonds is 4. The fourth-order valence-corrected chi connectivity index (χ4v) is 2.47. The van der Waals surface area contributed by atoms with E-state index in [0.717, 1.165) is 0 Å². The monoisotopic (exact) mass is 304 g/mol. The standard InChI is InChI=1S/C13H16N6O3/c1-2-3-15-4-7-9(20)10(21)13(22-7)19-6-18-8-11(14)16-5-17-12(8)19/h1,5-7,9-10,13,15,20-21H,3-4H2,(H2,14,16,17). The Morgan fingerprint density at radius 1 is 1.36 bits per heavy atom. The van der Waals surface area contributed by atoms with Crippen LogP contribution in [0, 0.1) is 12.3 Å². The molecular weight excluding hydrogens is 288 g/mol. The summed E-state index contributed by atoms with van der Waals surface area (Å²) in [5, 5.41) is 23.3. The number of nitrogens with two attached hydrogens (primary N) is 1. The van der Waals surface area contributed by atoms with Crippen molar-refractivity contribution in [3.05, 3.63) is 12.7 Å². The molecule has 0 aromatic carbocycles. The molecule has 5 N–H and O–H groups in total. The molecule has 0 radical (unpaired) electrons. The third-order valence-corrected chi connectivity index (χ3v) is 3.57. The summed E-state index contributed by atoms with van der Waals surface area (Å²) in [6.45, 7) is 0.674. The lowest BCUT2D eigenvalue weighted by Gasteiger charge is -2.16. The molecule has 1 aliphatic rings. The Hall–Kier alpha value is -2.25. The van der Waals surface area contributed by atoms with Crippen LogP contribution < -0.4 is 11.1 Å². The molecule has 0 bridgehead atoms. The highest BCUT2D eigenvalue weighted by Crippen LogP contribution is 2.31. The summed E-state index contributed by atoms with van der Waals surface area (Å²) in [7, 11) is 0. The zero-order valence-corrected chi connectivity index (χ0v) is 11.6. The smallest absolute Gasteiger partial charge is 0.167 e. The number of nitrogen functional groups attached to an aromatic ring is 1. The van der Waals surface area contributed by atoms with E-state index in [-0.39, 0.29) is 5.82 Å². The summed E-state index contributed by atoms with van der Waals surface area (Å²) in [6.07, 6.45) is 4.34. The number of aliphatic hydroxyl groups excluding tert-OH is 2. The molecule has 1 fully saturated rings. The number of hydrogen-bond acceptors (Lipinski definition) is 8. The van der Waals surface area contributed by atoms with Gasteiger partial charge in [0, 0.05) is 6.54 Å². The minimum atomic E-state index is -1.12. The highest BCUT2D eigenvalue weighted by atomic mass is 16.6. The van der Waals surface area contributed by atoms with Crippen molar-refractivity contribution in [2.45, 2.75) is 24.5 Å². The second-order valence-corrected chi connectivity index (χ2v) is 4.96. The van der Waals surface area contributed by atoms with Crippen LogP contribution >= 0.6 is 0 Å². The molecule has 3 rings (SSSR count). The summed E-state index contributed by atoms with van der Waals surface area (Å²) in [6, 6.07) is 0. The third kappa shape index (κ3) is 2.38. The number of terminal acetylenes is 1. The number of nitrogens with one attached hydrogen (secondary N) is 1. The van der Waals surface area contributed by atoms with Crippen molar-refractivity contribution in [3.63, 3.8) is 0 Å². The summed E-state index contributed by atoms with van der Waals surface area (Å²) < 4.78 is 7.25. The van der Waals surface area contributed by atoms with Gasteiger partial charge >= 0.3 is 0 Å². The van der Waals surface area contributed by atoms with E-state index in [2.05, 4.69) is 26.2 Å². The lowest BCUT2D eigenvalue weighted by atomic mass is 10.1. The minimum Gasteiger partial charge on any atom is -0.387 e. The van der Waals surface area contributed by atoms with Crippen molar-refractivity contribution < 1.29 is 14.9 Å². The molecule has 1 saturated heterocycles. The molecule has 4 unspecified atom stereocenters. The van der Waals surface area contributed by atoms with E-state index >= 15 is 0 Å². The fraction of sp³-hybridized carbons (Fsp3) is 0.462. The van der Waals surface area contributed by atoms with Crippen LogP contribution in [0.5, 0.6) is 0 Å². The summed E-state index contributed by atoms with van der Waals surface area (Å²) in [5.41, 5.74) is 6.58. The average Bonchev–Trinajstić information content (AvgIpc) is 3.05. The second kappa shape index (κ2) is 5.86. The molecule has 3 heterocycles. The highest BCUT2D eigenvalue weighted by molar-refractivity contribution is 5.81. The summed E-state index contributed by atoms with van der Waals surface area (Å²) >= 11 is 0. The maximum atomic E-state index is 10.2. The van der Waals surface area contributed by atoms with Gasteiger partial charge in [-0.2, -0.15) is 0 Å². The van der Waals surface area contributed by atoms with Crippen molar-refractivity contribution in [1.82, 2.24) is 24.8 Å². The quantitative estimate of drug-likeness (QED) is 0.386. The van der Waals surface area contributed by atoms with Gasteiger partial charge in [-0.25, -0.2) is 15.0 Å². The Bertz CT molecular complexity index is 711. The van der Waals surface area contributed by atoms with Crippen molar-refractivity contribution >= 4 is 17.0 Å². The number of ether oxygens (including phenoxy) is 1. The van der Waals surface area contributed by atoms with Crippen LogP contribution in [0.2, 0.25) is 0 Å². The molecule has 0 spiro atoms. The molecule has 0 aliphatic carbocycles. The third-order valence-electron chi connectivity index (χ3n) is 3.57. The Kier molecular flexibility index (Phi) is 3.91. The molecule has 22 heavy (non-hydrogen) atoms. The molecule has 116 valence electrons. The highest BCUT2D eigenvalue weighted by Gasteiger charge is 2.44. The number of anilines is 1. The molecule has 9 heteroatoms. The maximum absolute atomic E-state index is 10.2. The minimum absolute atomic E-state index is 0.240. The predicted octanol–water partition coefficient (Wildman–Crippen LogP) is -1.75. The van der Waals surface area contributed by atoms with Crippen LogP contribution in [-0.4, -0.2) is 61.1 Å². The molecule has 9 nitrogen and oxygen atoms in total. The lowest BCUT2D eigenvalue weighted by molar-refractivity contribution is -0.0339. The Balaban J connectivity index is 1.85. The number of nitrogens with zero attached hydrogens (tertiary/aromatic N) is 4. The Morgan fingerprint density at radius 2 is 2.18 bits per heavy atom. The fourth-order valence-electron chi connectivity index (χ4n) is 2.47. The molecule has 2 aromatic heterocycles. The zero-order chi connectivity index (χ0) is 15.7. The van der Waals surface area contributed by atoms with E-state index in [4.69, 9.17) is 16.9 Å². The van der Waals surface area contributed by atoms with Crippen molar-refractivity contribution in [1.29, 1.82) is 0 Å². The van der Waals surface area contributed by atoms with Crippen molar-refractivity contribution in [2.75, 3.05) is 18.8 Å². The molecule has 0 amide bonds. The van der Waals surface area contributed by atoms with Crippen molar-refractivity contribution in [2.24, 2.45) is 0 Å². The van der Waals surface area contributed by atoms with Crippen LogP contribution in [0.3, 0.4) is 0 Å². The average molecular weight is 304 g/mol. The number of imidazole rings is 1. The Labute approximate surface area is 126 Å². The number of fused-ring (bicyclic) bond motifs is 1. The zero-order valence-electron chi connectivity index (χ0n) is 11.6. The first kappa shape index (κ1) is 14.7. The van der Waals surface area contributed by atoms with E-state index in [9.17, 15) is 10.2 Å². The molecule has 0 saturated carbocycles. The van der Waals surface area contributed by atoms with Gasteiger partial charge in [-0.3, -0.25) is 4.57 Å². The van der Waals surface area contributed by atoms with Gasteiger partial charge in [0.25, 0.3) is 0 Å². The van der Waals surface area contributed by atoms with E-state index in [0.29, 0.717) is 24.3 Å². The van der Waals surface area contributed by atoms with Gasteiger partial charge in [0.05, 0.1) is 12.9 Å². The van der Waals surface area contributed by atoms with Crippen LogP contribution in [0.25, 0.3) is 11.2 Å². The Morgan fingerprint density at radius 3 is 2.95 bits per heavy atom. The van der Waals surface area contributed by atoms with Gasteiger partial charge in [0.2, 0.25) is 0 Å². The van der Waals surface area contributed by atoms with Crippen LogP contribution in [0.4, 0.5) is 5.82 Å². The second-order valence-electron chi connectivity index (χ2n) is 4.96. The van der Waals surface area contributed by atoms with Gasteiger partial charge < -0.3 is 26.0 Å². The molecule has 4 atom stereocenters. The van der Waals surface area contributed by atoms with Gasteiger partial charge in [0.1, 0.15) is 30.2 Å². The van der Waals surface area contributed by atoms with Crippen molar-refractivity contribution in [3.8, 4) is 12.3 Å². The van der Waals surface area contributed by atoms with Gasteiger partial charge in [0.15, 0.2) is 17.7 Å². The topological polar surface area (TPSA) is 131 Å². The predicted molar refractivity (Wildman–Crippen MR) is 77.4 cm³/mol. The van der Waals surface area contributed by atoms with Gasteiger partial charge in [-0.1, -0.05) is 5.92 Å². The number of aliphatic hydroxyl groups is 2. The number of aromatic nitrogens is 4. The van der Waals surface area contributed by atoms with E-state index in [1.165, 1.54) is 17.2 Å². The summed E-state index contributed by atoms with van der Waals surface area (Å²) in [5.74, 6) is 2.67. The SMILES string of the molecule is C#CCNCC1OC(n2cnc3c(N)ncnc32)C(O)C1O. The van der Waals surface area contributed by atoms with E-state index in [1.807, 2.05) is 0 Å². The molecule has 1 aliphatic heterocycles. The largest absolute Gasteiger partial charge is 0.387 e. The van der Waals surface area contributed by atoms with E-state index in [1.54, 1.807) is 0 Å². The number of hydrogen-bond donors (Lipinski definition) is 4.